The molecule has 3 nitrogen and oxygen atoms in total. The fourth-order valence-corrected chi connectivity index (χ4v) is 2.16. The Kier molecular flexibility index (Phi) is 5.02. The molecular formula is C17H22NO2+. The summed E-state index contributed by atoms with van der Waals surface area (Å²) in [5.74, 6) is 1.58. The van der Waals surface area contributed by atoms with Crippen molar-refractivity contribution in [2.24, 2.45) is 0 Å². The van der Waals surface area contributed by atoms with Crippen LogP contribution in [0.1, 0.15) is 31.0 Å². The monoisotopic (exact) mass is 272 g/mol. The first-order chi connectivity index (χ1) is 9.76. The lowest BCUT2D eigenvalue weighted by molar-refractivity contribution is -0.411. The van der Waals surface area contributed by atoms with Gasteiger partial charge in [-0.1, -0.05) is 30.3 Å². The fourth-order valence-electron chi connectivity index (χ4n) is 2.16. The molecule has 0 radical (unpaired) electrons. The molecule has 0 aliphatic heterocycles. The van der Waals surface area contributed by atoms with E-state index in [1.165, 1.54) is 5.56 Å². The fraction of sp³-hybridized carbons (Fsp3) is 0.294. The van der Waals surface area contributed by atoms with E-state index in [1.807, 2.05) is 44.2 Å². The lowest BCUT2D eigenvalue weighted by atomic mass is 9.99. The first kappa shape index (κ1) is 14.4. The summed E-state index contributed by atoms with van der Waals surface area (Å²) in [4.78, 5) is 0. The highest BCUT2D eigenvalue weighted by atomic mass is 16.5. The maximum atomic E-state index is 5.66. The Hall–Kier alpha value is -2.00. The molecule has 3 N–H and O–H groups in total. The molecule has 0 heterocycles. The van der Waals surface area contributed by atoms with Gasteiger partial charge in [0.05, 0.1) is 13.2 Å². The summed E-state index contributed by atoms with van der Waals surface area (Å²) in [5, 5.41) is 0. The zero-order chi connectivity index (χ0) is 14.4. The zero-order valence-electron chi connectivity index (χ0n) is 12.1. The molecule has 0 saturated carbocycles. The number of hydrogen-bond donors (Lipinski definition) is 1. The van der Waals surface area contributed by atoms with Crippen LogP contribution in [0.25, 0.3) is 0 Å². The number of rotatable bonds is 6. The van der Waals surface area contributed by atoms with E-state index in [4.69, 9.17) is 9.47 Å². The van der Waals surface area contributed by atoms with Crippen LogP contribution in [0.4, 0.5) is 0 Å². The van der Waals surface area contributed by atoms with Crippen molar-refractivity contribution in [3.05, 3.63) is 59.7 Å². The summed E-state index contributed by atoms with van der Waals surface area (Å²) >= 11 is 0. The predicted octanol–water partition coefficient (Wildman–Crippen LogP) is 2.82. The highest BCUT2D eigenvalue weighted by molar-refractivity contribution is 5.45. The highest BCUT2D eigenvalue weighted by Gasteiger charge is 2.15. The van der Waals surface area contributed by atoms with Gasteiger partial charge < -0.3 is 15.2 Å². The molecule has 2 aromatic carbocycles. The molecule has 0 amide bonds. The average Bonchev–Trinajstić information content (AvgIpc) is 2.50. The molecule has 20 heavy (non-hydrogen) atoms. The van der Waals surface area contributed by atoms with Crippen LogP contribution in [-0.4, -0.2) is 13.2 Å². The van der Waals surface area contributed by atoms with E-state index in [0.717, 1.165) is 17.1 Å². The van der Waals surface area contributed by atoms with Crippen molar-refractivity contribution < 1.29 is 15.2 Å². The van der Waals surface area contributed by atoms with Crippen LogP contribution in [0.5, 0.6) is 11.5 Å². The Morgan fingerprint density at radius 2 is 1.50 bits per heavy atom. The molecule has 0 aromatic heterocycles. The van der Waals surface area contributed by atoms with Gasteiger partial charge >= 0.3 is 0 Å². The number of ether oxygens (including phenoxy) is 2. The molecule has 0 aliphatic carbocycles. The van der Waals surface area contributed by atoms with Gasteiger partial charge in [-0.25, -0.2) is 0 Å². The quantitative estimate of drug-likeness (QED) is 0.879. The number of hydrogen-bond acceptors (Lipinski definition) is 2. The van der Waals surface area contributed by atoms with Gasteiger partial charge in [-0.15, -0.1) is 0 Å². The van der Waals surface area contributed by atoms with Gasteiger partial charge in [-0.2, -0.15) is 0 Å². The Morgan fingerprint density at radius 3 is 2.15 bits per heavy atom. The lowest BCUT2D eigenvalue weighted by Crippen LogP contribution is -2.54. The summed E-state index contributed by atoms with van der Waals surface area (Å²) in [7, 11) is 0. The molecule has 1 atom stereocenters. The van der Waals surface area contributed by atoms with E-state index in [0.29, 0.717) is 13.2 Å². The van der Waals surface area contributed by atoms with Crippen LogP contribution in [0.15, 0.2) is 48.5 Å². The Bertz CT molecular complexity index is 540. The molecule has 0 unspecified atom stereocenters. The molecule has 0 bridgehead atoms. The van der Waals surface area contributed by atoms with Crippen molar-refractivity contribution in [2.75, 3.05) is 13.2 Å². The summed E-state index contributed by atoms with van der Waals surface area (Å²) < 4.78 is 11.2. The SMILES string of the molecule is CCOc1ccc([C@H]([NH3+])c2ccccc2)cc1OCC. The van der Waals surface area contributed by atoms with Crippen LogP contribution < -0.4 is 15.2 Å². The van der Waals surface area contributed by atoms with Crippen LogP contribution in [0.2, 0.25) is 0 Å². The van der Waals surface area contributed by atoms with Crippen LogP contribution in [0, 0.1) is 0 Å². The Morgan fingerprint density at radius 1 is 0.850 bits per heavy atom. The van der Waals surface area contributed by atoms with Gasteiger partial charge in [-0.3, -0.25) is 0 Å². The minimum Gasteiger partial charge on any atom is -0.490 e. The van der Waals surface area contributed by atoms with E-state index in [2.05, 4.69) is 23.9 Å². The van der Waals surface area contributed by atoms with E-state index in [1.54, 1.807) is 0 Å². The molecule has 0 saturated heterocycles. The standard InChI is InChI=1S/C17H21NO2/c1-3-19-15-11-10-14(12-16(15)20-4-2)17(18)13-8-6-5-7-9-13/h5-12,17H,3-4,18H2,1-2H3/p+1/t17-/m1/s1. The van der Waals surface area contributed by atoms with Gasteiger partial charge in [0.1, 0.15) is 6.04 Å². The number of benzene rings is 2. The molecule has 2 rings (SSSR count). The normalized spacial score (nSPS) is 11.9. The largest absolute Gasteiger partial charge is 0.490 e. The van der Waals surface area contributed by atoms with Crippen LogP contribution in [-0.2, 0) is 0 Å². The molecule has 0 fully saturated rings. The third-order valence-electron chi connectivity index (χ3n) is 3.17. The zero-order valence-corrected chi connectivity index (χ0v) is 12.1. The lowest BCUT2D eigenvalue weighted by Gasteiger charge is -2.14. The van der Waals surface area contributed by atoms with Gasteiger partial charge in [-0.05, 0) is 32.0 Å². The van der Waals surface area contributed by atoms with Crippen molar-refractivity contribution >= 4 is 0 Å². The first-order valence-electron chi connectivity index (χ1n) is 7.03. The summed E-state index contributed by atoms with van der Waals surface area (Å²) in [6.45, 7) is 5.20. The van der Waals surface area contributed by atoms with Gasteiger partial charge in [0.2, 0.25) is 0 Å². The van der Waals surface area contributed by atoms with Crippen LogP contribution >= 0.6 is 0 Å². The highest BCUT2D eigenvalue weighted by Crippen LogP contribution is 2.31. The molecule has 2 aromatic rings. The summed E-state index contributed by atoms with van der Waals surface area (Å²) in [6.07, 6.45) is 0. The van der Waals surface area contributed by atoms with Crippen molar-refractivity contribution in [3.8, 4) is 11.5 Å². The van der Waals surface area contributed by atoms with E-state index in [-0.39, 0.29) is 6.04 Å². The number of quaternary nitrogens is 1. The average molecular weight is 272 g/mol. The third kappa shape index (κ3) is 3.31. The molecule has 0 aliphatic rings. The maximum Gasteiger partial charge on any atom is 0.161 e. The maximum absolute atomic E-state index is 5.66. The van der Waals surface area contributed by atoms with E-state index >= 15 is 0 Å². The Balaban J connectivity index is 2.30. The van der Waals surface area contributed by atoms with Gasteiger partial charge in [0.25, 0.3) is 0 Å². The van der Waals surface area contributed by atoms with Crippen molar-refractivity contribution in [2.45, 2.75) is 19.9 Å². The summed E-state index contributed by atoms with van der Waals surface area (Å²) in [5.41, 5.74) is 6.58. The molecule has 0 spiro atoms. The topological polar surface area (TPSA) is 46.1 Å². The first-order valence-corrected chi connectivity index (χ1v) is 7.03. The van der Waals surface area contributed by atoms with Crippen molar-refractivity contribution in [1.82, 2.24) is 0 Å². The van der Waals surface area contributed by atoms with Gasteiger partial charge in [0, 0.05) is 11.1 Å². The second-order valence-corrected chi connectivity index (χ2v) is 4.54. The molecule has 106 valence electrons. The minimum atomic E-state index is 0.0890. The van der Waals surface area contributed by atoms with E-state index < -0.39 is 0 Å². The van der Waals surface area contributed by atoms with Crippen LogP contribution in [0.3, 0.4) is 0 Å². The molecule has 3 heteroatoms. The second kappa shape index (κ2) is 6.96. The minimum absolute atomic E-state index is 0.0890. The summed E-state index contributed by atoms with van der Waals surface area (Å²) in [6, 6.07) is 16.4. The molecular weight excluding hydrogens is 250 g/mol. The second-order valence-electron chi connectivity index (χ2n) is 4.54. The smallest absolute Gasteiger partial charge is 0.161 e. The van der Waals surface area contributed by atoms with E-state index in [9.17, 15) is 0 Å². The predicted molar refractivity (Wildman–Crippen MR) is 80.0 cm³/mol. The van der Waals surface area contributed by atoms with Gasteiger partial charge in [0.15, 0.2) is 11.5 Å². The van der Waals surface area contributed by atoms with Crippen molar-refractivity contribution in [3.63, 3.8) is 0 Å². The third-order valence-corrected chi connectivity index (χ3v) is 3.17. The van der Waals surface area contributed by atoms with Crippen molar-refractivity contribution in [1.29, 1.82) is 0 Å². The Labute approximate surface area is 120 Å².